The van der Waals surface area contributed by atoms with Crippen LogP contribution in [0.25, 0.3) is 0 Å². The van der Waals surface area contributed by atoms with Crippen molar-refractivity contribution in [2.24, 2.45) is 0 Å². The van der Waals surface area contributed by atoms with Crippen LogP contribution in [0, 0.1) is 0 Å². The monoisotopic (exact) mass is 365 g/mol. The van der Waals surface area contributed by atoms with Gasteiger partial charge in [0.25, 0.3) is 0 Å². The number of benzene rings is 1. The van der Waals surface area contributed by atoms with Crippen molar-refractivity contribution >= 4 is 37.6 Å². The van der Waals surface area contributed by atoms with E-state index < -0.39 is 10.0 Å². The van der Waals surface area contributed by atoms with Gasteiger partial charge in [-0.05, 0) is 49.9 Å². The van der Waals surface area contributed by atoms with Crippen molar-refractivity contribution in [3.8, 4) is 0 Å². The van der Waals surface area contributed by atoms with E-state index in [1.54, 1.807) is 28.6 Å². The molecular formula is C13H17BrClNO2S. The van der Waals surface area contributed by atoms with Crippen LogP contribution < -0.4 is 0 Å². The van der Waals surface area contributed by atoms with Crippen LogP contribution in [0.15, 0.2) is 33.6 Å². The molecule has 6 heteroatoms. The van der Waals surface area contributed by atoms with Gasteiger partial charge in [0.15, 0.2) is 0 Å². The number of rotatable bonds is 5. The van der Waals surface area contributed by atoms with Gasteiger partial charge in [-0.2, -0.15) is 4.31 Å². The van der Waals surface area contributed by atoms with Crippen LogP contribution in [-0.4, -0.2) is 31.2 Å². The van der Waals surface area contributed by atoms with E-state index in [-0.39, 0.29) is 6.04 Å². The molecular weight excluding hydrogens is 350 g/mol. The van der Waals surface area contributed by atoms with Crippen LogP contribution in [0.5, 0.6) is 0 Å². The first-order valence-corrected chi connectivity index (χ1v) is 9.16. The number of sulfonamides is 1. The van der Waals surface area contributed by atoms with Gasteiger partial charge in [0.2, 0.25) is 10.0 Å². The molecule has 106 valence electrons. The fourth-order valence-electron chi connectivity index (χ4n) is 2.47. The van der Waals surface area contributed by atoms with Crippen LogP contribution in [0.2, 0.25) is 0 Å². The van der Waals surface area contributed by atoms with Crippen molar-refractivity contribution in [3.63, 3.8) is 0 Å². The highest BCUT2D eigenvalue weighted by atomic mass is 79.9. The first-order valence-electron chi connectivity index (χ1n) is 6.39. The molecule has 1 unspecified atom stereocenters. The molecule has 0 N–H and O–H groups in total. The average molecular weight is 367 g/mol. The lowest BCUT2D eigenvalue weighted by Gasteiger charge is -2.23. The zero-order chi connectivity index (χ0) is 13.9. The summed E-state index contributed by atoms with van der Waals surface area (Å²) in [6.07, 6.45) is 3.58. The summed E-state index contributed by atoms with van der Waals surface area (Å²) in [6, 6.07) is 6.92. The van der Waals surface area contributed by atoms with E-state index in [1.807, 2.05) is 0 Å². The van der Waals surface area contributed by atoms with Crippen molar-refractivity contribution < 1.29 is 8.42 Å². The number of nitrogens with zero attached hydrogens (tertiary/aromatic N) is 1. The fourth-order valence-corrected chi connectivity index (χ4v) is 4.61. The molecule has 1 aromatic rings. The van der Waals surface area contributed by atoms with Crippen molar-refractivity contribution in [2.75, 3.05) is 12.4 Å². The lowest BCUT2D eigenvalue weighted by Crippen LogP contribution is -2.35. The second kappa shape index (κ2) is 6.57. The summed E-state index contributed by atoms with van der Waals surface area (Å²) in [6.45, 7) is 0.616. The fraction of sp³-hybridized carbons (Fsp3) is 0.538. The maximum atomic E-state index is 12.6. The number of alkyl halides is 1. The van der Waals surface area contributed by atoms with Crippen LogP contribution in [0.1, 0.15) is 25.7 Å². The van der Waals surface area contributed by atoms with Gasteiger partial charge in [-0.3, -0.25) is 0 Å². The Morgan fingerprint density at radius 3 is 2.63 bits per heavy atom. The Bertz CT molecular complexity index is 518. The highest BCUT2D eigenvalue weighted by Crippen LogP contribution is 2.29. The normalized spacial score (nSPS) is 20.8. The van der Waals surface area contributed by atoms with Crippen molar-refractivity contribution in [1.82, 2.24) is 4.31 Å². The quantitative estimate of drug-likeness (QED) is 0.746. The summed E-state index contributed by atoms with van der Waals surface area (Å²) >= 11 is 9.02. The summed E-state index contributed by atoms with van der Waals surface area (Å²) in [4.78, 5) is 0.369. The lowest BCUT2D eigenvalue weighted by molar-refractivity contribution is 0.368. The van der Waals surface area contributed by atoms with E-state index in [2.05, 4.69) is 15.9 Å². The van der Waals surface area contributed by atoms with Gasteiger partial charge < -0.3 is 0 Å². The summed E-state index contributed by atoms with van der Waals surface area (Å²) in [5.41, 5.74) is 0. The smallest absolute Gasteiger partial charge is 0.207 e. The minimum atomic E-state index is -3.37. The van der Waals surface area contributed by atoms with Crippen LogP contribution in [-0.2, 0) is 10.0 Å². The third kappa shape index (κ3) is 3.51. The Morgan fingerprint density at radius 1 is 1.32 bits per heavy atom. The first-order chi connectivity index (χ1) is 9.05. The van der Waals surface area contributed by atoms with E-state index in [0.29, 0.717) is 17.3 Å². The minimum Gasteiger partial charge on any atom is -0.207 e. The first kappa shape index (κ1) is 15.3. The molecule has 1 fully saturated rings. The second-order valence-corrected chi connectivity index (χ2v) is 7.88. The highest BCUT2D eigenvalue weighted by Gasteiger charge is 2.34. The topological polar surface area (TPSA) is 37.4 Å². The van der Waals surface area contributed by atoms with E-state index in [1.165, 1.54) is 0 Å². The van der Waals surface area contributed by atoms with Crippen LogP contribution in [0.3, 0.4) is 0 Å². The van der Waals surface area contributed by atoms with E-state index >= 15 is 0 Å². The largest absolute Gasteiger partial charge is 0.243 e. The third-order valence-electron chi connectivity index (χ3n) is 3.41. The SMILES string of the molecule is O=S(=O)(c1ccc(Br)cc1)N1CCCC1CCCCl. The van der Waals surface area contributed by atoms with Gasteiger partial charge in [-0.25, -0.2) is 8.42 Å². The zero-order valence-corrected chi connectivity index (χ0v) is 13.7. The predicted octanol–water partition coefficient (Wildman–Crippen LogP) is 3.62. The molecule has 2 rings (SSSR count). The highest BCUT2D eigenvalue weighted by molar-refractivity contribution is 9.10. The standard InChI is InChI=1S/C13H17BrClNO2S/c14-11-5-7-13(8-6-11)19(17,18)16-10-2-4-12(16)3-1-9-15/h5-8,12H,1-4,9-10H2. The Labute approximate surface area is 128 Å². The maximum Gasteiger partial charge on any atom is 0.243 e. The summed E-state index contributed by atoms with van der Waals surface area (Å²) in [5, 5.41) is 0. The summed E-state index contributed by atoms with van der Waals surface area (Å²) < 4.78 is 27.7. The molecule has 0 radical (unpaired) electrons. The molecule has 1 aromatic carbocycles. The van der Waals surface area contributed by atoms with Crippen LogP contribution >= 0.6 is 27.5 Å². The molecule has 1 atom stereocenters. The average Bonchev–Trinajstić information content (AvgIpc) is 2.86. The number of hydrogen-bond acceptors (Lipinski definition) is 2. The van der Waals surface area contributed by atoms with Gasteiger partial charge in [-0.1, -0.05) is 15.9 Å². The van der Waals surface area contributed by atoms with Crippen molar-refractivity contribution in [3.05, 3.63) is 28.7 Å². The molecule has 0 aliphatic carbocycles. The Balaban J connectivity index is 2.21. The molecule has 1 aliphatic heterocycles. The minimum absolute atomic E-state index is 0.104. The number of halogens is 2. The van der Waals surface area contributed by atoms with Gasteiger partial charge in [-0.15, -0.1) is 11.6 Å². The molecule has 1 aliphatic rings. The van der Waals surface area contributed by atoms with Gasteiger partial charge in [0.1, 0.15) is 0 Å². The molecule has 0 saturated carbocycles. The zero-order valence-electron chi connectivity index (χ0n) is 10.6. The van der Waals surface area contributed by atoms with E-state index in [0.717, 1.165) is 30.2 Å². The van der Waals surface area contributed by atoms with Crippen LogP contribution in [0.4, 0.5) is 0 Å². The van der Waals surface area contributed by atoms with E-state index in [4.69, 9.17) is 11.6 Å². The van der Waals surface area contributed by atoms with Gasteiger partial charge in [0.05, 0.1) is 4.90 Å². The Morgan fingerprint density at radius 2 is 2.00 bits per heavy atom. The van der Waals surface area contributed by atoms with Gasteiger partial charge in [0, 0.05) is 22.9 Å². The molecule has 0 aromatic heterocycles. The molecule has 0 spiro atoms. The summed E-state index contributed by atoms with van der Waals surface area (Å²) in [5.74, 6) is 0.586. The van der Waals surface area contributed by atoms with Crippen molar-refractivity contribution in [1.29, 1.82) is 0 Å². The predicted molar refractivity (Wildman–Crippen MR) is 81.0 cm³/mol. The molecule has 1 saturated heterocycles. The Hall–Kier alpha value is -0.100. The summed E-state index contributed by atoms with van der Waals surface area (Å²) in [7, 11) is -3.37. The molecule has 1 heterocycles. The van der Waals surface area contributed by atoms with Gasteiger partial charge >= 0.3 is 0 Å². The molecule has 0 bridgehead atoms. The second-order valence-electron chi connectivity index (χ2n) is 4.70. The number of hydrogen-bond donors (Lipinski definition) is 0. The maximum absolute atomic E-state index is 12.6. The molecule has 3 nitrogen and oxygen atoms in total. The molecule has 19 heavy (non-hydrogen) atoms. The lowest BCUT2D eigenvalue weighted by atomic mass is 10.1. The Kier molecular flexibility index (Phi) is 5.29. The van der Waals surface area contributed by atoms with E-state index in [9.17, 15) is 8.42 Å². The molecule has 0 amide bonds. The van der Waals surface area contributed by atoms with Crippen molar-refractivity contribution in [2.45, 2.75) is 36.6 Å². The third-order valence-corrected chi connectivity index (χ3v) is 6.18.